The molecule has 1 aliphatic rings. The summed E-state index contributed by atoms with van der Waals surface area (Å²) in [7, 11) is 1.77. The third-order valence-electron chi connectivity index (χ3n) is 7.04. The first-order chi connectivity index (χ1) is 18.0. The summed E-state index contributed by atoms with van der Waals surface area (Å²) in [5, 5.41) is 0. The Morgan fingerprint density at radius 3 is 2.65 bits per heavy atom. The van der Waals surface area contributed by atoms with Crippen molar-refractivity contribution in [3.05, 3.63) is 125 Å². The second kappa shape index (κ2) is 11.1. The van der Waals surface area contributed by atoms with E-state index in [0.29, 0.717) is 12.3 Å². The van der Waals surface area contributed by atoms with Crippen molar-refractivity contribution in [2.45, 2.75) is 45.5 Å². The van der Waals surface area contributed by atoms with E-state index in [1.54, 1.807) is 25.1 Å². The fraction of sp³-hybridized carbons (Fsp3) is 0.281. The van der Waals surface area contributed by atoms with Crippen LogP contribution in [0.3, 0.4) is 0 Å². The first kappa shape index (κ1) is 24.8. The normalized spacial score (nSPS) is 16.1. The molecule has 0 radical (unpaired) electrons. The molecule has 0 aliphatic carbocycles. The molecule has 4 aromatic rings. The molecule has 1 aromatic heterocycles. The topological polar surface area (TPSA) is 45.9 Å². The predicted octanol–water partition coefficient (Wildman–Crippen LogP) is 6.16. The number of likely N-dealkylation sites (N-methyl/N-ethyl adjacent to an activating group) is 1. The molecule has 37 heavy (non-hydrogen) atoms. The highest BCUT2D eigenvalue weighted by atomic mass is 16.5. The summed E-state index contributed by atoms with van der Waals surface area (Å²) in [5.74, 6) is 1.37. The number of carbonyl (C=O) groups is 1. The number of furan rings is 1. The minimum atomic E-state index is -0.611. The van der Waals surface area contributed by atoms with Crippen LogP contribution in [-0.4, -0.2) is 35.4 Å². The van der Waals surface area contributed by atoms with Crippen LogP contribution < -0.4 is 4.74 Å². The van der Waals surface area contributed by atoms with Crippen molar-refractivity contribution in [1.82, 2.24) is 9.80 Å². The van der Waals surface area contributed by atoms with Gasteiger partial charge in [0.25, 0.3) is 5.91 Å². The van der Waals surface area contributed by atoms with E-state index in [2.05, 4.69) is 78.6 Å². The van der Waals surface area contributed by atoms with Gasteiger partial charge in [0.1, 0.15) is 11.5 Å². The molecule has 2 atom stereocenters. The van der Waals surface area contributed by atoms with Crippen molar-refractivity contribution in [2.75, 3.05) is 13.6 Å². The average molecular weight is 495 g/mol. The van der Waals surface area contributed by atoms with Gasteiger partial charge >= 0.3 is 0 Å². The van der Waals surface area contributed by atoms with Crippen LogP contribution in [0.5, 0.6) is 5.75 Å². The van der Waals surface area contributed by atoms with Crippen LogP contribution >= 0.6 is 0 Å². The molecule has 0 fully saturated rings. The third-order valence-corrected chi connectivity index (χ3v) is 7.04. The zero-order valence-electron chi connectivity index (χ0n) is 21.8. The van der Waals surface area contributed by atoms with E-state index < -0.39 is 6.10 Å². The van der Waals surface area contributed by atoms with Gasteiger partial charge in [-0.05, 0) is 66.8 Å². The van der Waals surface area contributed by atoms with Crippen molar-refractivity contribution < 1.29 is 13.9 Å². The van der Waals surface area contributed by atoms with Crippen LogP contribution in [0.4, 0.5) is 0 Å². The Hall–Kier alpha value is -3.83. The number of rotatable bonds is 8. The number of nitrogens with zero attached hydrogens (tertiary/aromatic N) is 2. The van der Waals surface area contributed by atoms with Crippen molar-refractivity contribution in [1.29, 1.82) is 0 Å². The first-order valence-electron chi connectivity index (χ1n) is 12.9. The second-order valence-electron chi connectivity index (χ2n) is 9.92. The number of aryl methyl sites for hydroxylation is 1. The fourth-order valence-corrected chi connectivity index (χ4v) is 5.24. The standard InChI is InChI=1S/C32H34N2O3/c1-23-9-7-10-25(19-23)21-34-17-16-26-14-15-28(20-30(26)31(34)27-11-5-4-6-12-27)37-24(2)32(35)33(3)22-29-13-8-18-36-29/h4-15,18-20,24,31H,16-17,21-22H2,1-3H3/t24-,31-/m1/s1. The number of fused-ring (bicyclic) bond motifs is 1. The van der Waals surface area contributed by atoms with E-state index >= 15 is 0 Å². The van der Waals surface area contributed by atoms with E-state index in [9.17, 15) is 4.79 Å². The summed E-state index contributed by atoms with van der Waals surface area (Å²) in [4.78, 5) is 17.2. The highest BCUT2D eigenvalue weighted by Gasteiger charge is 2.30. The summed E-state index contributed by atoms with van der Waals surface area (Å²) in [5.41, 5.74) is 6.42. The summed E-state index contributed by atoms with van der Waals surface area (Å²) in [6, 6.07) is 29.5. The highest BCUT2D eigenvalue weighted by Crippen LogP contribution is 2.38. The number of benzene rings is 3. The molecule has 190 valence electrons. The maximum absolute atomic E-state index is 13.0. The molecule has 1 amide bonds. The van der Waals surface area contributed by atoms with Crippen molar-refractivity contribution >= 4 is 5.91 Å². The van der Waals surface area contributed by atoms with Crippen LogP contribution in [0, 0.1) is 6.92 Å². The monoisotopic (exact) mass is 494 g/mol. The number of hydrogen-bond acceptors (Lipinski definition) is 4. The number of carbonyl (C=O) groups excluding carboxylic acids is 1. The quantitative estimate of drug-likeness (QED) is 0.294. The molecule has 0 saturated heterocycles. The maximum atomic E-state index is 13.0. The van der Waals surface area contributed by atoms with Gasteiger partial charge in [0, 0.05) is 20.1 Å². The largest absolute Gasteiger partial charge is 0.481 e. The van der Waals surface area contributed by atoms with Crippen molar-refractivity contribution in [3.8, 4) is 5.75 Å². The molecule has 0 N–H and O–H groups in total. The molecular formula is C32H34N2O3. The highest BCUT2D eigenvalue weighted by molar-refractivity contribution is 5.80. The minimum Gasteiger partial charge on any atom is -0.481 e. The van der Waals surface area contributed by atoms with Gasteiger partial charge in [-0.2, -0.15) is 0 Å². The van der Waals surface area contributed by atoms with Crippen LogP contribution in [0.15, 0.2) is 95.6 Å². The van der Waals surface area contributed by atoms with Crippen LogP contribution in [-0.2, 0) is 24.3 Å². The average Bonchev–Trinajstić information content (AvgIpc) is 3.41. The minimum absolute atomic E-state index is 0.0881. The van der Waals surface area contributed by atoms with E-state index in [1.165, 1.54) is 27.8 Å². The number of ether oxygens (including phenoxy) is 1. The lowest BCUT2D eigenvalue weighted by Crippen LogP contribution is -2.38. The van der Waals surface area contributed by atoms with Gasteiger partial charge in [-0.25, -0.2) is 0 Å². The maximum Gasteiger partial charge on any atom is 0.263 e. The molecular weight excluding hydrogens is 460 g/mol. The Kier molecular flexibility index (Phi) is 7.42. The van der Waals surface area contributed by atoms with Crippen LogP contribution in [0.25, 0.3) is 0 Å². The van der Waals surface area contributed by atoms with E-state index in [1.807, 2.05) is 18.2 Å². The van der Waals surface area contributed by atoms with Gasteiger partial charge in [0.05, 0.1) is 18.8 Å². The molecule has 5 nitrogen and oxygen atoms in total. The smallest absolute Gasteiger partial charge is 0.263 e. The molecule has 0 unspecified atom stereocenters. The predicted molar refractivity (Wildman–Crippen MR) is 145 cm³/mol. The van der Waals surface area contributed by atoms with E-state index in [0.717, 1.165) is 25.3 Å². The lowest BCUT2D eigenvalue weighted by atomic mass is 9.87. The molecule has 5 heteroatoms. The van der Waals surface area contributed by atoms with E-state index in [-0.39, 0.29) is 11.9 Å². The van der Waals surface area contributed by atoms with Gasteiger partial charge in [0.2, 0.25) is 0 Å². The molecule has 0 saturated carbocycles. The summed E-state index contributed by atoms with van der Waals surface area (Å²) in [6.07, 6.45) is 1.98. The Morgan fingerprint density at radius 2 is 1.89 bits per heavy atom. The lowest BCUT2D eigenvalue weighted by molar-refractivity contribution is -0.137. The van der Waals surface area contributed by atoms with Crippen molar-refractivity contribution in [2.24, 2.45) is 0 Å². The van der Waals surface area contributed by atoms with Crippen LogP contribution in [0.1, 0.15) is 46.5 Å². The molecule has 5 rings (SSSR count). The zero-order valence-corrected chi connectivity index (χ0v) is 21.8. The van der Waals surface area contributed by atoms with E-state index in [4.69, 9.17) is 9.15 Å². The zero-order chi connectivity index (χ0) is 25.8. The molecule has 2 heterocycles. The number of hydrogen-bond donors (Lipinski definition) is 0. The fourth-order valence-electron chi connectivity index (χ4n) is 5.24. The van der Waals surface area contributed by atoms with Gasteiger partial charge in [-0.1, -0.05) is 66.2 Å². The van der Waals surface area contributed by atoms with Crippen LogP contribution in [0.2, 0.25) is 0 Å². The van der Waals surface area contributed by atoms with Gasteiger partial charge in [-0.3, -0.25) is 9.69 Å². The van der Waals surface area contributed by atoms with Gasteiger partial charge in [0.15, 0.2) is 6.10 Å². The van der Waals surface area contributed by atoms with Gasteiger partial charge < -0.3 is 14.1 Å². The Labute approximate surface area is 219 Å². The Balaban J connectivity index is 1.39. The Bertz CT molecular complexity index is 1330. The third kappa shape index (κ3) is 5.78. The lowest BCUT2D eigenvalue weighted by Gasteiger charge is -2.38. The summed E-state index contributed by atoms with van der Waals surface area (Å²) >= 11 is 0. The summed E-state index contributed by atoms with van der Waals surface area (Å²) in [6.45, 7) is 6.21. The Morgan fingerprint density at radius 1 is 1.05 bits per heavy atom. The SMILES string of the molecule is Cc1cccc(CN2CCc3ccc(O[C@H](C)C(=O)N(C)Cc4ccco4)cc3[C@H]2c2ccccc2)c1. The molecule has 0 spiro atoms. The van der Waals surface area contributed by atoms with Gasteiger partial charge in [-0.15, -0.1) is 0 Å². The second-order valence-corrected chi connectivity index (χ2v) is 9.92. The first-order valence-corrected chi connectivity index (χ1v) is 12.9. The molecule has 1 aliphatic heterocycles. The van der Waals surface area contributed by atoms with Crippen molar-refractivity contribution in [3.63, 3.8) is 0 Å². The molecule has 3 aromatic carbocycles. The molecule has 0 bridgehead atoms. The summed E-state index contributed by atoms with van der Waals surface area (Å²) < 4.78 is 11.6. The number of amides is 1.